The first kappa shape index (κ1) is 15.3. The summed E-state index contributed by atoms with van der Waals surface area (Å²) in [4.78, 5) is 2.80. The van der Waals surface area contributed by atoms with Crippen molar-refractivity contribution in [2.24, 2.45) is 17.8 Å². The van der Waals surface area contributed by atoms with E-state index in [-0.39, 0.29) is 0 Å². The van der Waals surface area contributed by atoms with E-state index in [4.69, 9.17) is 0 Å². The lowest BCUT2D eigenvalue weighted by atomic mass is 9.93. The number of nitrogens with zero attached hydrogens (tertiary/aromatic N) is 1. The monoisotopic (exact) mass is 266 g/mol. The maximum Gasteiger partial charge on any atom is 0.0198 e. The van der Waals surface area contributed by atoms with Crippen molar-refractivity contribution in [3.8, 4) is 0 Å². The summed E-state index contributed by atoms with van der Waals surface area (Å²) >= 11 is 0. The molecule has 2 rings (SSSR count). The second-order valence-electron chi connectivity index (χ2n) is 7.44. The van der Waals surface area contributed by atoms with E-state index in [2.05, 4.69) is 37.9 Å². The van der Waals surface area contributed by atoms with Crippen LogP contribution in [0.2, 0.25) is 0 Å². The Labute approximate surface area is 120 Å². The highest BCUT2D eigenvalue weighted by Crippen LogP contribution is 2.38. The topological polar surface area (TPSA) is 15.3 Å². The molecule has 3 unspecified atom stereocenters. The fraction of sp³-hybridized carbons (Fsp3) is 1.00. The summed E-state index contributed by atoms with van der Waals surface area (Å²) < 4.78 is 0. The van der Waals surface area contributed by atoms with Crippen LogP contribution in [0.15, 0.2) is 0 Å². The minimum absolute atomic E-state index is 0.732. The molecule has 1 aliphatic carbocycles. The Kier molecular flexibility index (Phi) is 5.70. The third-order valence-electron chi connectivity index (χ3n) is 4.90. The molecule has 0 amide bonds. The maximum absolute atomic E-state index is 3.81. The summed E-state index contributed by atoms with van der Waals surface area (Å²) in [6.45, 7) is 13.3. The predicted octanol–water partition coefficient (Wildman–Crippen LogP) is 3.52. The van der Waals surface area contributed by atoms with Gasteiger partial charge in [-0.3, -0.25) is 4.90 Å². The first-order chi connectivity index (χ1) is 9.10. The Morgan fingerprint density at radius 3 is 2.53 bits per heavy atom. The molecule has 3 atom stereocenters. The van der Waals surface area contributed by atoms with Gasteiger partial charge in [-0.1, -0.05) is 27.7 Å². The Morgan fingerprint density at radius 2 is 1.95 bits per heavy atom. The van der Waals surface area contributed by atoms with Gasteiger partial charge in [0.05, 0.1) is 0 Å². The molecule has 2 nitrogen and oxygen atoms in total. The number of hydrogen-bond donors (Lipinski definition) is 1. The van der Waals surface area contributed by atoms with E-state index in [1.165, 1.54) is 51.7 Å². The molecule has 1 aliphatic heterocycles. The first-order valence-electron chi connectivity index (χ1n) is 8.57. The van der Waals surface area contributed by atoms with Crippen LogP contribution >= 0.6 is 0 Å². The van der Waals surface area contributed by atoms with Gasteiger partial charge in [0.1, 0.15) is 0 Å². The molecule has 1 N–H and O–H groups in total. The van der Waals surface area contributed by atoms with Crippen LogP contribution in [0.1, 0.15) is 59.8 Å². The molecular weight excluding hydrogens is 232 g/mol. The highest BCUT2D eigenvalue weighted by Gasteiger charge is 2.37. The number of nitrogens with one attached hydrogen (secondary N) is 1. The third kappa shape index (κ3) is 4.75. The summed E-state index contributed by atoms with van der Waals surface area (Å²) in [5.41, 5.74) is 0. The van der Waals surface area contributed by atoms with Crippen molar-refractivity contribution >= 4 is 0 Å². The zero-order valence-electron chi connectivity index (χ0n) is 13.5. The van der Waals surface area contributed by atoms with Gasteiger partial charge in [-0.15, -0.1) is 0 Å². The first-order valence-corrected chi connectivity index (χ1v) is 8.57. The molecular formula is C17H34N2. The molecule has 112 valence electrons. The molecule has 0 radical (unpaired) electrons. The minimum atomic E-state index is 0.732. The summed E-state index contributed by atoms with van der Waals surface area (Å²) in [5.74, 6) is 2.70. The zero-order chi connectivity index (χ0) is 13.8. The quantitative estimate of drug-likeness (QED) is 0.758. The van der Waals surface area contributed by atoms with Crippen LogP contribution in [0.4, 0.5) is 0 Å². The summed E-state index contributed by atoms with van der Waals surface area (Å²) in [7, 11) is 0. The molecule has 0 spiro atoms. The van der Waals surface area contributed by atoms with E-state index >= 15 is 0 Å². The fourth-order valence-corrected chi connectivity index (χ4v) is 3.76. The summed E-state index contributed by atoms with van der Waals surface area (Å²) in [6.07, 6.45) is 6.99. The Balaban J connectivity index is 1.81. The van der Waals surface area contributed by atoms with Gasteiger partial charge < -0.3 is 5.32 Å². The van der Waals surface area contributed by atoms with E-state index in [0.717, 1.165) is 29.8 Å². The lowest BCUT2D eigenvalue weighted by molar-refractivity contribution is 0.0895. The number of piperidine rings is 1. The highest BCUT2D eigenvalue weighted by atomic mass is 15.2. The molecule has 1 saturated carbocycles. The van der Waals surface area contributed by atoms with Crippen molar-refractivity contribution in [1.29, 1.82) is 0 Å². The fourth-order valence-electron chi connectivity index (χ4n) is 3.76. The van der Waals surface area contributed by atoms with E-state index < -0.39 is 0 Å². The molecule has 0 aromatic heterocycles. The third-order valence-corrected chi connectivity index (χ3v) is 4.90. The molecule has 2 fully saturated rings. The van der Waals surface area contributed by atoms with Gasteiger partial charge in [0, 0.05) is 25.2 Å². The molecule has 0 aromatic rings. The molecule has 2 heteroatoms. The Morgan fingerprint density at radius 1 is 1.21 bits per heavy atom. The van der Waals surface area contributed by atoms with Gasteiger partial charge >= 0.3 is 0 Å². The Hall–Kier alpha value is -0.0800. The number of rotatable bonds is 7. The maximum atomic E-state index is 3.81. The predicted molar refractivity (Wildman–Crippen MR) is 83.4 cm³/mol. The van der Waals surface area contributed by atoms with Gasteiger partial charge in [0.2, 0.25) is 0 Å². The second-order valence-corrected chi connectivity index (χ2v) is 7.44. The van der Waals surface area contributed by atoms with Crippen molar-refractivity contribution in [2.45, 2.75) is 71.9 Å². The molecule has 1 saturated heterocycles. The van der Waals surface area contributed by atoms with Crippen LogP contribution in [0, 0.1) is 17.8 Å². The zero-order valence-corrected chi connectivity index (χ0v) is 13.5. The van der Waals surface area contributed by atoms with E-state index in [1.54, 1.807) is 0 Å². The van der Waals surface area contributed by atoms with Crippen molar-refractivity contribution < 1.29 is 0 Å². The highest BCUT2D eigenvalue weighted by molar-refractivity contribution is 4.92. The van der Waals surface area contributed by atoms with Gasteiger partial charge in [-0.2, -0.15) is 0 Å². The van der Waals surface area contributed by atoms with Crippen LogP contribution in [-0.2, 0) is 0 Å². The van der Waals surface area contributed by atoms with Gasteiger partial charge in [-0.25, -0.2) is 0 Å². The lowest BCUT2D eigenvalue weighted by Crippen LogP contribution is -2.52. The van der Waals surface area contributed by atoms with Crippen LogP contribution in [-0.4, -0.2) is 36.6 Å². The largest absolute Gasteiger partial charge is 0.313 e. The van der Waals surface area contributed by atoms with Gasteiger partial charge in [0.15, 0.2) is 0 Å². The van der Waals surface area contributed by atoms with Crippen LogP contribution < -0.4 is 5.32 Å². The van der Waals surface area contributed by atoms with Crippen LogP contribution in [0.25, 0.3) is 0 Å². The normalized spacial score (nSPS) is 30.8. The average Bonchev–Trinajstić information content (AvgIpc) is 3.13. The number of likely N-dealkylation sites (tertiary alicyclic amines) is 1. The molecule has 0 aromatic carbocycles. The van der Waals surface area contributed by atoms with Crippen molar-refractivity contribution in [3.63, 3.8) is 0 Å². The van der Waals surface area contributed by atoms with E-state index in [0.29, 0.717) is 0 Å². The second kappa shape index (κ2) is 7.08. The van der Waals surface area contributed by atoms with Crippen molar-refractivity contribution in [1.82, 2.24) is 10.2 Å². The van der Waals surface area contributed by atoms with Crippen molar-refractivity contribution in [2.75, 3.05) is 19.6 Å². The molecule has 0 bridgehead atoms. The van der Waals surface area contributed by atoms with E-state index in [9.17, 15) is 0 Å². The van der Waals surface area contributed by atoms with E-state index in [1.807, 2.05) is 0 Å². The average molecular weight is 266 g/mol. The Bertz CT molecular complexity index is 260. The summed E-state index contributed by atoms with van der Waals surface area (Å²) in [6, 6.07) is 1.60. The van der Waals surface area contributed by atoms with Crippen LogP contribution in [0.5, 0.6) is 0 Å². The summed E-state index contributed by atoms with van der Waals surface area (Å²) in [5, 5.41) is 3.81. The smallest absolute Gasteiger partial charge is 0.0198 e. The number of hydrogen-bond acceptors (Lipinski definition) is 2. The molecule has 19 heavy (non-hydrogen) atoms. The minimum Gasteiger partial charge on any atom is -0.313 e. The van der Waals surface area contributed by atoms with Gasteiger partial charge in [0.25, 0.3) is 0 Å². The lowest BCUT2D eigenvalue weighted by Gasteiger charge is -2.41. The SMILES string of the molecule is CCC(C1CC1)N1CC(C)CC(NCCC(C)C)C1. The molecule has 2 aliphatic rings. The van der Waals surface area contributed by atoms with Gasteiger partial charge in [-0.05, 0) is 56.4 Å². The standard InChI is InChI=1S/C17H34N2/c1-5-17(15-6-7-15)19-11-14(4)10-16(12-19)18-9-8-13(2)3/h13-18H,5-12H2,1-4H3. The van der Waals surface area contributed by atoms with Crippen LogP contribution in [0.3, 0.4) is 0 Å². The molecule has 1 heterocycles. The van der Waals surface area contributed by atoms with Crippen molar-refractivity contribution in [3.05, 3.63) is 0 Å².